The van der Waals surface area contributed by atoms with Gasteiger partial charge in [0, 0.05) is 24.4 Å². The van der Waals surface area contributed by atoms with E-state index in [4.69, 9.17) is 4.74 Å². The zero-order valence-electron chi connectivity index (χ0n) is 14.9. The minimum atomic E-state index is -0.716. The first-order chi connectivity index (χ1) is 12.0. The van der Waals surface area contributed by atoms with Gasteiger partial charge >= 0.3 is 0 Å². The van der Waals surface area contributed by atoms with Crippen LogP contribution in [0.2, 0.25) is 0 Å². The quantitative estimate of drug-likeness (QED) is 0.264. The molecule has 0 aliphatic rings. The zero-order valence-corrected chi connectivity index (χ0v) is 18.0. The summed E-state index contributed by atoms with van der Waals surface area (Å²) >= 11 is 1.64. The van der Waals surface area contributed by atoms with E-state index in [0.717, 1.165) is 22.8 Å². The van der Waals surface area contributed by atoms with Crippen LogP contribution in [0.25, 0.3) is 0 Å². The fourth-order valence-corrected chi connectivity index (χ4v) is 2.82. The number of nitrogens with one attached hydrogen (secondary N) is 2. The normalized spacial score (nSPS) is 11.2. The Morgan fingerprint density at radius 1 is 1.31 bits per heavy atom. The maximum atomic E-state index is 13.4. The lowest BCUT2D eigenvalue weighted by molar-refractivity contribution is 0.304. The molecule has 2 aromatic rings. The number of nitrogens with zero attached hydrogens (tertiary/aromatic N) is 2. The van der Waals surface area contributed by atoms with E-state index in [1.165, 1.54) is 6.07 Å². The summed E-state index contributed by atoms with van der Waals surface area (Å²) in [5, 5.41) is 9.35. The van der Waals surface area contributed by atoms with Gasteiger partial charge in [0.25, 0.3) is 0 Å². The van der Waals surface area contributed by atoms with Crippen LogP contribution in [0.3, 0.4) is 0 Å². The van der Waals surface area contributed by atoms with Gasteiger partial charge < -0.3 is 15.4 Å². The van der Waals surface area contributed by atoms with Crippen LogP contribution < -0.4 is 15.4 Å². The Morgan fingerprint density at radius 3 is 2.69 bits per heavy atom. The number of halogens is 3. The number of ether oxygens (including phenoxy) is 1. The van der Waals surface area contributed by atoms with Crippen LogP contribution in [0.5, 0.6) is 5.75 Å². The minimum Gasteiger partial charge on any atom is -0.489 e. The molecule has 0 saturated heterocycles. The molecule has 0 spiro atoms. The first-order valence-electron chi connectivity index (χ1n) is 7.96. The van der Waals surface area contributed by atoms with E-state index in [2.05, 4.69) is 34.5 Å². The molecule has 9 heteroatoms. The molecule has 0 fully saturated rings. The molecule has 0 unspecified atom stereocenters. The molecule has 1 heterocycles. The largest absolute Gasteiger partial charge is 0.489 e. The average molecular weight is 496 g/mol. The Bertz CT molecular complexity index is 725. The van der Waals surface area contributed by atoms with Crippen LogP contribution in [0.15, 0.2) is 28.6 Å². The Kier molecular flexibility index (Phi) is 9.78. The van der Waals surface area contributed by atoms with E-state index < -0.39 is 11.6 Å². The van der Waals surface area contributed by atoms with Gasteiger partial charge in [0.2, 0.25) is 0 Å². The van der Waals surface area contributed by atoms with Gasteiger partial charge in [-0.1, -0.05) is 13.8 Å². The number of hydrogen-bond acceptors (Lipinski definition) is 4. The molecule has 0 aliphatic heterocycles. The molecule has 2 rings (SSSR count). The summed E-state index contributed by atoms with van der Waals surface area (Å²) in [6.07, 6.45) is 0. The Morgan fingerprint density at radius 2 is 2.08 bits per heavy atom. The highest BCUT2D eigenvalue weighted by Crippen LogP contribution is 2.19. The summed E-state index contributed by atoms with van der Waals surface area (Å²) < 4.78 is 31.5. The third kappa shape index (κ3) is 7.02. The van der Waals surface area contributed by atoms with Crippen LogP contribution in [-0.4, -0.2) is 31.1 Å². The highest BCUT2D eigenvalue weighted by atomic mass is 127. The van der Waals surface area contributed by atoms with E-state index in [9.17, 15) is 8.78 Å². The predicted molar refractivity (Wildman–Crippen MR) is 112 cm³/mol. The first kappa shape index (κ1) is 22.6. The van der Waals surface area contributed by atoms with Crippen molar-refractivity contribution < 1.29 is 13.5 Å². The van der Waals surface area contributed by atoms with Gasteiger partial charge in [0.15, 0.2) is 17.5 Å². The second kappa shape index (κ2) is 11.3. The van der Waals surface area contributed by atoms with Crippen LogP contribution in [-0.2, 0) is 6.54 Å². The number of thiazole rings is 1. The fourth-order valence-electron chi connectivity index (χ4n) is 1.99. The maximum absolute atomic E-state index is 13.4. The average Bonchev–Trinajstić information content (AvgIpc) is 3.05. The lowest BCUT2D eigenvalue weighted by atomic mass is 10.2. The van der Waals surface area contributed by atoms with Gasteiger partial charge in [-0.15, -0.1) is 35.3 Å². The predicted octanol–water partition coefficient (Wildman–Crippen LogP) is 3.91. The molecule has 0 amide bonds. The van der Waals surface area contributed by atoms with Crippen molar-refractivity contribution in [2.24, 2.45) is 4.99 Å². The molecule has 0 aliphatic carbocycles. The van der Waals surface area contributed by atoms with Crippen molar-refractivity contribution in [2.75, 3.05) is 20.2 Å². The molecule has 2 N–H and O–H groups in total. The Hall–Kier alpha value is -1.49. The molecule has 144 valence electrons. The summed E-state index contributed by atoms with van der Waals surface area (Å²) in [5.74, 6) is -0.306. The minimum absolute atomic E-state index is 0. The van der Waals surface area contributed by atoms with Gasteiger partial charge in [-0.2, -0.15) is 0 Å². The Labute approximate surface area is 173 Å². The second-order valence-corrected chi connectivity index (χ2v) is 6.50. The molecule has 1 aromatic heterocycles. The van der Waals surface area contributed by atoms with Gasteiger partial charge in [-0.3, -0.25) is 4.99 Å². The standard InChI is InChI=1S/C17H22F2N4OS.HI/c1-11(2)16-23-13(10-25-16)9-22-17(20-3)21-6-7-24-15-5-4-12(18)8-14(15)19;/h4-5,8,10-11H,6-7,9H2,1-3H3,(H2,20,21,22);1H. The summed E-state index contributed by atoms with van der Waals surface area (Å²) in [7, 11) is 1.66. The molecule has 0 radical (unpaired) electrons. The first-order valence-corrected chi connectivity index (χ1v) is 8.84. The lowest BCUT2D eigenvalue weighted by Crippen LogP contribution is -2.39. The smallest absolute Gasteiger partial charge is 0.191 e. The van der Waals surface area contributed by atoms with Crippen molar-refractivity contribution in [3.63, 3.8) is 0 Å². The third-order valence-corrected chi connectivity index (χ3v) is 4.46. The number of benzene rings is 1. The van der Waals surface area contributed by atoms with E-state index in [0.29, 0.717) is 25.0 Å². The molecular formula is C17H23F2IN4OS. The maximum Gasteiger partial charge on any atom is 0.191 e. The highest BCUT2D eigenvalue weighted by Gasteiger charge is 2.07. The molecule has 26 heavy (non-hydrogen) atoms. The summed E-state index contributed by atoms with van der Waals surface area (Å²) in [6, 6.07) is 3.22. The monoisotopic (exact) mass is 496 g/mol. The zero-order chi connectivity index (χ0) is 18.2. The number of aromatic nitrogens is 1. The number of rotatable bonds is 7. The Balaban J connectivity index is 0.00000338. The van der Waals surface area contributed by atoms with Gasteiger partial charge in [-0.05, 0) is 12.1 Å². The van der Waals surface area contributed by atoms with Crippen molar-refractivity contribution >= 4 is 41.3 Å². The topological polar surface area (TPSA) is 58.5 Å². The fraction of sp³-hybridized carbons (Fsp3) is 0.412. The van der Waals surface area contributed by atoms with Crippen molar-refractivity contribution in [3.8, 4) is 5.75 Å². The number of hydrogen-bond donors (Lipinski definition) is 2. The van der Waals surface area contributed by atoms with Gasteiger partial charge in [0.05, 0.1) is 23.8 Å². The van der Waals surface area contributed by atoms with Crippen molar-refractivity contribution in [3.05, 3.63) is 45.9 Å². The van der Waals surface area contributed by atoms with Gasteiger partial charge in [-0.25, -0.2) is 13.8 Å². The summed E-state index contributed by atoms with van der Waals surface area (Å²) in [4.78, 5) is 8.65. The van der Waals surface area contributed by atoms with Crippen LogP contribution in [0, 0.1) is 11.6 Å². The van der Waals surface area contributed by atoms with Crippen LogP contribution in [0.1, 0.15) is 30.5 Å². The van der Waals surface area contributed by atoms with Crippen molar-refractivity contribution in [1.29, 1.82) is 0 Å². The second-order valence-electron chi connectivity index (χ2n) is 5.61. The van der Waals surface area contributed by atoms with Crippen LogP contribution in [0.4, 0.5) is 8.78 Å². The number of aliphatic imine (C=N–C) groups is 1. The van der Waals surface area contributed by atoms with E-state index in [-0.39, 0.29) is 36.3 Å². The summed E-state index contributed by atoms with van der Waals surface area (Å²) in [5.41, 5.74) is 0.960. The van der Waals surface area contributed by atoms with E-state index >= 15 is 0 Å². The molecule has 0 bridgehead atoms. The van der Waals surface area contributed by atoms with Crippen molar-refractivity contribution in [2.45, 2.75) is 26.3 Å². The SMILES string of the molecule is CN=C(NCCOc1ccc(F)cc1F)NCc1csc(C(C)C)n1.I. The molecule has 0 atom stereocenters. The third-order valence-electron chi connectivity index (χ3n) is 3.27. The molecule has 0 saturated carbocycles. The lowest BCUT2D eigenvalue weighted by Gasteiger charge is -2.12. The molecular weight excluding hydrogens is 473 g/mol. The van der Waals surface area contributed by atoms with E-state index in [1.54, 1.807) is 18.4 Å². The van der Waals surface area contributed by atoms with Crippen LogP contribution >= 0.6 is 35.3 Å². The summed E-state index contributed by atoms with van der Waals surface area (Å²) in [6.45, 7) is 5.43. The number of guanidine groups is 1. The molecule has 1 aromatic carbocycles. The molecule has 5 nitrogen and oxygen atoms in total. The van der Waals surface area contributed by atoms with E-state index in [1.807, 2.05) is 5.38 Å². The van der Waals surface area contributed by atoms with Crippen molar-refractivity contribution in [1.82, 2.24) is 15.6 Å². The van der Waals surface area contributed by atoms with Gasteiger partial charge in [0.1, 0.15) is 12.4 Å². The highest BCUT2D eigenvalue weighted by molar-refractivity contribution is 14.0.